The van der Waals surface area contributed by atoms with Crippen LogP contribution in [0.2, 0.25) is 0 Å². The molecular weight excluding hydrogens is 707 g/mol. The van der Waals surface area contributed by atoms with Gasteiger partial charge >= 0.3 is 11.7 Å². The lowest BCUT2D eigenvalue weighted by atomic mass is 9.80. The lowest BCUT2D eigenvalue weighted by Crippen LogP contribution is -2.78. The van der Waals surface area contributed by atoms with E-state index in [2.05, 4.69) is 201 Å². The van der Waals surface area contributed by atoms with Gasteiger partial charge in [0.25, 0.3) is 0 Å². The van der Waals surface area contributed by atoms with Crippen LogP contribution in [0, 0.1) is 0 Å². The molecule has 4 nitrogen and oxygen atoms in total. The van der Waals surface area contributed by atoms with Gasteiger partial charge in [0.2, 0.25) is 5.69 Å². The lowest BCUT2D eigenvalue weighted by molar-refractivity contribution is -0.997. The molecule has 0 amide bonds. The zero-order valence-electron chi connectivity index (χ0n) is 35.6. The Morgan fingerprint density at radius 3 is 2.02 bits per heavy atom. The second kappa shape index (κ2) is 11.9. The molecule has 2 aromatic heterocycles. The average molecular weight is 757 g/mol. The second-order valence-corrected chi connectivity index (χ2v) is 18.7. The van der Waals surface area contributed by atoms with Crippen molar-refractivity contribution in [3.05, 3.63) is 168 Å². The van der Waals surface area contributed by atoms with Crippen LogP contribution in [0.4, 0.5) is 0 Å². The number of aromatic nitrogens is 3. The van der Waals surface area contributed by atoms with E-state index >= 15 is 0 Å². The van der Waals surface area contributed by atoms with E-state index < -0.39 is 11.7 Å². The van der Waals surface area contributed by atoms with Crippen molar-refractivity contribution in [1.82, 2.24) is 4.57 Å². The van der Waals surface area contributed by atoms with Crippen LogP contribution in [0.15, 0.2) is 146 Å². The Bertz CT molecular complexity index is 3060. The van der Waals surface area contributed by atoms with Gasteiger partial charge in [0.15, 0.2) is 17.2 Å². The zero-order valence-corrected chi connectivity index (χ0v) is 34.6. The van der Waals surface area contributed by atoms with Gasteiger partial charge in [-0.1, -0.05) is 134 Å². The van der Waals surface area contributed by atoms with Crippen LogP contribution in [-0.2, 0) is 16.7 Å². The number of rotatable bonds is 4. The second-order valence-electron chi connectivity index (χ2n) is 18.7. The minimum Gasteiger partial charge on any atom is -0.392 e. The monoisotopic (exact) mass is 756 g/mol. The van der Waals surface area contributed by atoms with Crippen molar-refractivity contribution in [3.63, 3.8) is 0 Å². The molecule has 0 radical (unpaired) electrons. The molecule has 0 bridgehead atoms. The summed E-state index contributed by atoms with van der Waals surface area (Å²) in [7, 11) is 0. The maximum absolute atomic E-state index is 8.61. The predicted molar refractivity (Wildman–Crippen MR) is 235 cm³/mol. The topological polar surface area (TPSA) is 21.9 Å². The summed E-state index contributed by atoms with van der Waals surface area (Å²) in [5, 5.41) is 0. The molecule has 0 aliphatic carbocycles. The first-order chi connectivity index (χ1) is 28.1. The molecule has 58 heavy (non-hydrogen) atoms. The predicted octanol–water partition coefficient (Wildman–Crippen LogP) is 12.5. The Morgan fingerprint density at radius 1 is 0.603 bits per heavy atom. The summed E-state index contributed by atoms with van der Waals surface area (Å²) in [5.74, 6) is 0.253. The summed E-state index contributed by atoms with van der Waals surface area (Å²) in [6.07, 6.45) is 2.24. The lowest BCUT2D eigenvalue weighted by Gasteiger charge is -2.32. The Balaban J connectivity index is 1.27. The fourth-order valence-corrected chi connectivity index (χ4v) is 9.62. The van der Waals surface area contributed by atoms with Crippen LogP contribution in [0.1, 0.15) is 84.9 Å². The van der Waals surface area contributed by atoms with Gasteiger partial charge in [-0.3, -0.25) is 0 Å². The van der Waals surface area contributed by atoms with Gasteiger partial charge < -0.3 is 4.74 Å². The van der Waals surface area contributed by atoms with Crippen molar-refractivity contribution in [3.8, 4) is 67.5 Å². The average Bonchev–Trinajstić information content (AvgIpc) is 3.71. The number of benzene rings is 6. The molecule has 284 valence electrons. The Kier molecular flexibility index (Phi) is 6.94. The molecule has 1 spiro atoms. The van der Waals surface area contributed by atoms with Crippen molar-refractivity contribution in [2.75, 3.05) is 0 Å². The smallest absolute Gasteiger partial charge is 0.392 e. The molecule has 0 fully saturated rings. The summed E-state index contributed by atoms with van der Waals surface area (Å²) in [6.45, 7) is 17.7. The summed E-state index contributed by atoms with van der Waals surface area (Å²) in [6, 6.07) is 51.2. The van der Waals surface area contributed by atoms with E-state index in [4.69, 9.17) is 6.11 Å². The van der Waals surface area contributed by atoms with Gasteiger partial charge in [0.1, 0.15) is 22.6 Å². The van der Waals surface area contributed by atoms with Gasteiger partial charge in [-0.25, -0.2) is 0 Å². The van der Waals surface area contributed by atoms with Crippen LogP contribution in [0.5, 0.6) is 5.75 Å². The number of fused-ring (bicyclic) bond motifs is 5. The Labute approximate surface area is 343 Å². The van der Waals surface area contributed by atoms with Crippen molar-refractivity contribution in [1.29, 1.82) is 0 Å². The molecule has 3 aliphatic rings. The number of nitrogens with zero attached hydrogens (tertiary/aromatic N) is 3. The Hall–Kier alpha value is -6.26. The van der Waals surface area contributed by atoms with Crippen LogP contribution in [-0.4, -0.2) is 4.57 Å². The quantitative estimate of drug-likeness (QED) is 0.164. The van der Waals surface area contributed by atoms with Gasteiger partial charge in [-0.2, -0.15) is 4.57 Å². The molecule has 8 aromatic rings. The third-order valence-corrected chi connectivity index (χ3v) is 12.7. The fourth-order valence-electron chi connectivity index (χ4n) is 9.62. The molecule has 1 unspecified atom stereocenters. The van der Waals surface area contributed by atoms with Crippen molar-refractivity contribution >= 4 is 11.0 Å². The van der Waals surface area contributed by atoms with Crippen LogP contribution in [0.3, 0.4) is 0 Å². The summed E-state index contributed by atoms with van der Waals surface area (Å²) < 4.78 is 23.6. The maximum Gasteiger partial charge on any atom is 0.499 e. The molecular formula is C54H49N3O+2. The summed E-state index contributed by atoms with van der Waals surface area (Å²) in [5.41, 5.74) is 18.4. The first-order valence-corrected chi connectivity index (χ1v) is 20.6. The minimum atomic E-state index is -1.03. The van der Waals surface area contributed by atoms with Crippen molar-refractivity contribution < 1.29 is 15.2 Å². The van der Waals surface area contributed by atoms with E-state index in [0.717, 1.165) is 56.2 Å². The van der Waals surface area contributed by atoms with E-state index in [0.29, 0.717) is 0 Å². The largest absolute Gasteiger partial charge is 0.499 e. The SMILES string of the molecule is [2H]C(C)(C)c1ccc(-c2cc[n+]3c(c2)-c2cc(C(C)(C)C)cc4c2C32Oc3ccccc3-c3n(-c5cc(-c6ccccc6)cc(C(C)(C)C)c5)c5cccc-4c5[n+]32)cc1. The maximum atomic E-state index is 8.61. The number of imidazole rings is 1. The molecule has 1 atom stereocenters. The van der Waals surface area contributed by atoms with E-state index in [9.17, 15) is 0 Å². The third kappa shape index (κ3) is 4.81. The van der Waals surface area contributed by atoms with E-state index in [1.54, 1.807) is 0 Å². The highest BCUT2D eigenvalue weighted by atomic mass is 16.5. The standard InChI is InChI=1S/C54H49N3O/c1-33(2)34-21-23-36(24-22-34)37-25-26-55-47(29-37)45-32-40(53(6,7)8)31-44-42-18-14-19-46-50(42)57-51(43-17-12-13-20-48(43)58-54(55,57)49(44)45)56(46)41-28-38(35-15-10-9-11-16-35)27-39(30-41)52(3,4)5/h9-33H,1-8H3/q+2/i33D. The van der Waals surface area contributed by atoms with Gasteiger partial charge in [-0.05, 0) is 104 Å². The fraction of sp³-hybridized carbons (Fsp3) is 0.222. The minimum absolute atomic E-state index is 0.0821. The molecule has 5 heterocycles. The first kappa shape index (κ1) is 33.8. The van der Waals surface area contributed by atoms with Gasteiger partial charge in [0, 0.05) is 24.6 Å². The number of hydrogen-bond donors (Lipinski definition) is 0. The highest BCUT2D eigenvalue weighted by Crippen LogP contribution is 2.54. The van der Waals surface area contributed by atoms with Crippen LogP contribution < -0.4 is 13.9 Å². The number of ether oxygens (including phenoxy) is 1. The van der Waals surface area contributed by atoms with E-state index in [-0.39, 0.29) is 10.8 Å². The Morgan fingerprint density at radius 2 is 1.28 bits per heavy atom. The number of para-hydroxylation sites is 2. The van der Waals surface area contributed by atoms with Crippen LogP contribution in [0.25, 0.3) is 72.7 Å². The van der Waals surface area contributed by atoms with Gasteiger partial charge in [0.05, 0.1) is 5.56 Å². The van der Waals surface area contributed by atoms with Crippen molar-refractivity contribution in [2.45, 2.75) is 78.0 Å². The van der Waals surface area contributed by atoms with E-state index in [1.807, 2.05) is 13.8 Å². The molecule has 3 aliphatic heterocycles. The molecule has 0 saturated heterocycles. The highest BCUT2D eigenvalue weighted by Gasteiger charge is 2.68. The van der Waals surface area contributed by atoms with Crippen molar-refractivity contribution in [2.24, 2.45) is 0 Å². The summed E-state index contributed by atoms with van der Waals surface area (Å²) >= 11 is 0. The molecule has 0 N–H and O–H groups in total. The van der Waals surface area contributed by atoms with E-state index in [1.165, 1.54) is 44.5 Å². The normalized spacial score (nSPS) is 16.4. The molecule has 0 saturated carbocycles. The highest BCUT2D eigenvalue weighted by molar-refractivity contribution is 5.98. The van der Waals surface area contributed by atoms with Gasteiger partial charge in [-0.15, -0.1) is 9.13 Å². The molecule has 11 rings (SSSR count). The molecule has 6 aromatic carbocycles. The summed E-state index contributed by atoms with van der Waals surface area (Å²) in [4.78, 5) is 0. The third-order valence-electron chi connectivity index (χ3n) is 12.7. The molecule has 4 heteroatoms. The first-order valence-electron chi connectivity index (χ1n) is 21.1. The zero-order chi connectivity index (χ0) is 40.8. The number of hydrogen-bond acceptors (Lipinski definition) is 1. The number of pyridine rings is 1. The van der Waals surface area contributed by atoms with Crippen LogP contribution >= 0.6 is 0 Å².